The number of hydrogen-bond acceptors (Lipinski definition) is 4. The molecule has 1 aliphatic rings. The maximum Gasteiger partial charge on any atom is 0.282 e. The molecule has 0 amide bonds. The van der Waals surface area contributed by atoms with Crippen molar-refractivity contribution in [2.75, 3.05) is 40.5 Å². The van der Waals surface area contributed by atoms with E-state index in [2.05, 4.69) is 6.58 Å². The molecule has 1 heterocycles. The minimum absolute atomic E-state index is 0.241. The van der Waals surface area contributed by atoms with E-state index >= 15 is 0 Å². The Morgan fingerprint density at radius 3 is 2.80 bits per heavy atom. The third kappa shape index (κ3) is 5.04. The van der Waals surface area contributed by atoms with E-state index in [4.69, 9.17) is 9.47 Å². The Morgan fingerprint density at radius 1 is 1.36 bits per heavy atom. The van der Waals surface area contributed by atoms with E-state index in [-0.39, 0.29) is 19.0 Å². The predicted octanol–water partition coefficient (Wildman–Crippen LogP) is 2.29. The smallest absolute Gasteiger partial charge is 0.282 e. The van der Waals surface area contributed by atoms with Crippen molar-refractivity contribution in [3.8, 4) is 5.75 Å². The zero-order valence-corrected chi connectivity index (χ0v) is 15.9. The lowest BCUT2D eigenvalue weighted by molar-refractivity contribution is 0.116. The summed E-state index contributed by atoms with van der Waals surface area (Å²) in [5.41, 5.74) is 0.834. The van der Waals surface area contributed by atoms with Crippen LogP contribution in [0.1, 0.15) is 18.4 Å². The maximum absolute atomic E-state index is 13.2. The van der Waals surface area contributed by atoms with Crippen LogP contribution < -0.4 is 4.74 Å². The predicted molar refractivity (Wildman–Crippen MR) is 98.7 cm³/mol. The van der Waals surface area contributed by atoms with Crippen molar-refractivity contribution < 1.29 is 17.9 Å². The van der Waals surface area contributed by atoms with E-state index in [1.807, 2.05) is 24.3 Å². The molecule has 7 heteroatoms. The van der Waals surface area contributed by atoms with E-state index in [0.29, 0.717) is 25.4 Å². The minimum atomic E-state index is -3.58. The van der Waals surface area contributed by atoms with Gasteiger partial charge in [0.2, 0.25) is 0 Å². The van der Waals surface area contributed by atoms with Gasteiger partial charge in [0.25, 0.3) is 10.2 Å². The van der Waals surface area contributed by atoms with Gasteiger partial charge in [0.15, 0.2) is 0 Å². The van der Waals surface area contributed by atoms with Gasteiger partial charge in [-0.1, -0.05) is 24.3 Å². The summed E-state index contributed by atoms with van der Waals surface area (Å²) in [6.45, 7) is 5.84. The van der Waals surface area contributed by atoms with Gasteiger partial charge in [0.1, 0.15) is 5.75 Å². The maximum atomic E-state index is 13.2. The summed E-state index contributed by atoms with van der Waals surface area (Å²) in [6.07, 6.45) is 3.46. The second-order valence-electron chi connectivity index (χ2n) is 6.22. The SMILES string of the molecule is C=CCN(Cc1ccccc1OC)S(=O)(=O)N1CCCC(COC)C1. The molecule has 0 spiro atoms. The summed E-state index contributed by atoms with van der Waals surface area (Å²) in [5, 5.41) is 0. The zero-order chi connectivity index (χ0) is 18.3. The first-order valence-corrected chi connectivity index (χ1v) is 9.89. The first-order valence-electron chi connectivity index (χ1n) is 8.49. The highest BCUT2D eigenvalue weighted by atomic mass is 32.2. The van der Waals surface area contributed by atoms with E-state index in [1.165, 1.54) is 4.31 Å². The summed E-state index contributed by atoms with van der Waals surface area (Å²) in [4.78, 5) is 0. The fraction of sp³-hybridized carbons (Fsp3) is 0.556. The molecule has 1 aromatic rings. The molecule has 0 N–H and O–H groups in total. The van der Waals surface area contributed by atoms with Crippen LogP contribution in [0.2, 0.25) is 0 Å². The third-order valence-corrected chi connectivity index (χ3v) is 6.32. The molecule has 1 fully saturated rings. The second kappa shape index (κ2) is 9.33. The standard InChI is InChI=1S/C18H28N2O4S/c1-4-11-19(14-17-9-5-6-10-18(17)24-3)25(21,22)20-12-7-8-16(13-20)15-23-2/h4-6,9-10,16H,1,7-8,11-15H2,2-3H3. The van der Waals surface area contributed by atoms with Gasteiger partial charge in [-0.25, -0.2) is 0 Å². The molecular formula is C18H28N2O4S. The molecule has 0 radical (unpaired) electrons. The largest absolute Gasteiger partial charge is 0.496 e. The molecule has 1 aromatic carbocycles. The number of piperidine rings is 1. The zero-order valence-electron chi connectivity index (χ0n) is 15.1. The monoisotopic (exact) mass is 368 g/mol. The lowest BCUT2D eigenvalue weighted by Gasteiger charge is -2.35. The highest BCUT2D eigenvalue weighted by Crippen LogP contribution is 2.25. The van der Waals surface area contributed by atoms with Crippen molar-refractivity contribution in [1.29, 1.82) is 0 Å². The summed E-state index contributed by atoms with van der Waals surface area (Å²) in [6, 6.07) is 7.47. The Labute approximate surface area is 151 Å². The Morgan fingerprint density at radius 2 is 2.12 bits per heavy atom. The molecule has 1 aliphatic heterocycles. The summed E-state index contributed by atoms with van der Waals surface area (Å²) in [7, 11) is -0.336. The first kappa shape index (κ1) is 19.9. The van der Waals surface area contributed by atoms with Gasteiger partial charge >= 0.3 is 0 Å². The van der Waals surface area contributed by atoms with Gasteiger partial charge in [0.05, 0.1) is 13.7 Å². The van der Waals surface area contributed by atoms with Crippen molar-refractivity contribution in [3.63, 3.8) is 0 Å². The van der Waals surface area contributed by atoms with Gasteiger partial charge in [0, 0.05) is 38.9 Å². The molecule has 0 aromatic heterocycles. The molecule has 1 unspecified atom stereocenters. The average molecular weight is 368 g/mol. The molecule has 1 saturated heterocycles. The van der Waals surface area contributed by atoms with Crippen LogP contribution in [0.3, 0.4) is 0 Å². The number of ether oxygens (including phenoxy) is 2. The summed E-state index contributed by atoms with van der Waals surface area (Å²) < 4.78 is 39.9. The Kier molecular flexibility index (Phi) is 7.43. The number of methoxy groups -OCH3 is 2. The van der Waals surface area contributed by atoms with Crippen LogP contribution >= 0.6 is 0 Å². The fourth-order valence-corrected chi connectivity index (χ4v) is 4.86. The normalized spacial score (nSPS) is 19.1. The highest BCUT2D eigenvalue weighted by molar-refractivity contribution is 7.86. The summed E-state index contributed by atoms with van der Waals surface area (Å²) >= 11 is 0. The molecule has 6 nitrogen and oxygen atoms in total. The quantitative estimate of drug-likeness (QED) is 0.628. The highest BCUT2D eigenvalue weighted by Gasteiger charge is 2.33. The van der Waals surface area contributed by atoms with Crippen LogP contribution in [-0.4, -0.2) is 57.5 Å². The molecule has 1 atom stereocenters. The van der Waals surface area contributed by atoms with Crippen molar-refractivity contribution in [2.24, 2.45) is 5.92 Å². The van der Waals surface area contributed by atoms with Crippen molar-refractivity contribution >= 4 is 10.2 Å². The number of para-hydroxylation sites is 1. The Balaban J connectivity index is 2.20. The molecule has 0 aliphatic carbocycles. The van der Waals surface area contributed by atoms with Gasteiger partial charge < -0.3 is 9.47 Å². The summed E-state index contributed by atoms with van der Waals surface area (Å²) in [5.74, 6) is 0.924. The molecular weight excluding hydrogens is 340 g/mol. The van der Waals surface area contributed by atoms with Crippen LogP contribution in [-0.2, 0) is 21.5 Å². The van der Waals surface area contributed by atoms with Gasteiger partial charge in [-0.3, -0.25) is 0 Å². The van der Waals surface area contributed by atoms with Crippen LogP contribution in [0.15, 0.2) is 36.9 Å². The van der Waals surface area contributed by atoms with Crippen molar-refractivity contribution in [2.45, 2.75) is 19.4 Å². The van der Waals surface area contributed by atoms with Crippen LogP contribution in [0.4, 0.5) is 0 Å². The van der Waals surface area contributed by atoms with Crippen LogP contribution in [0, 0.1) is 5.92 Å². The van der Waals surface area contributed by atoms with E-state index in [0.717, 1.165) is 18.4 Å². The first-order chi connectivity index (χ1) is 12.0. The molecule has 0 saturated carbocycles. The van der Waals surface area contributed by atoms with Crippen molar-refractivity contribution in [3.05, 3.63) is 42.5 Å². The van der Waals surface area contributed by atoms with Crippen LogP contribution in [0.25, 0.3) is 0 Å². The molecule has 25 heavy (non-hydrogen) atoms. The van der Waals surface area contributed by atoms with Crippen LogP contribution in [0.5, 0.6) is 5.75 Å². The fourth-order valence-electron chi connectivity index (χ4n) is 3.18. The lowest BCUT2D eigenvalue weighted by atomic mass is 10.0. The lowest BCUT2D eigenvalue weighted by Crippen LogP contribution is -2.48. The van der Waals surface area contributed by atoms with Gasteiger partial charge in [-0.2, -0.15) is 17.0 Å². The Bertz CT molecular complexity index is 661. The number of rotatable bonds is 9. The van der Waals surface area contributed by atoms with Crippen molar-refractivity contribution in [1.82, 2.24) is 8.61 Å². The average Bonchev–Trinajstić information content (AvgIpc) is 2.62. The minimum Gasteiger partial charge on any atom is -0.496 e. The van der Waals surface area contributed by atoms with Gasteiger partial charge in [-0.05, 0) is 24.8 Å². The third-order valence-electron chi connectivity index (χ3n) is 4.41. The molecule has 2 rings (SSSR count). The van der Waals surface area contributed by atoms with E-state index < -0.39 is 10.2 Å². The van der Waals surface area contributed by atoms with E-state index in [9.17, 15) is 8.42 Å². The molecule has 140 valence electrons. The topological polar surface area (TPSA) is 59.1 Å². The molecule has 0 bridgehead atoms. The van der Waals surface area contributed by atoms with E-state index in [1.54, 1.807) is 24.6 Å². The Hall–Kier alpha value is -1.41. The van der Waals surface area contributed by atoms with Gasteiger partial charge in [-0.15, -0.1) is 6.58 Å². The second-order valence-corrected chi connectivity index (χ2v) is 8.15. The number of benzene rings is 1. The number of hydrogen-bond donors (Lipinski definition) is 0. The number of nitrogens with zero attached hydrogens (tertiary/aromatic N) is 2.